The molecule has 38 valence electrons. The van der Waals surface area contributed by atoms with Gasteiger partial charge in [0.15, 0.2) is 5.05 Å². The van der Waals surface area contributed by atoms with Gasteiger partial charge in [0.25, 0.3) is 0 Å². The van der Waals surface area contributed by atoms with Crippen molar-refractivity contribution < 1.29 is 57.5 Å². The minimum atomic E-state index is 0. The van der Waals surface area contributed by atoms with Crippen LogP contribution in [0.4, 0.5) is 0 Å². The van der Waals surface area contributed by atoms with Crippen LogP contribution in [0, 0.1) is 0 Å². The van der Waals surface area contributed by atoms with E-state index in [9.17, 15) is 0 Å². The van der Waals surface area contributed by atoms with Gasteiger partial charge in [0.1, 0.15) is 0 Å². The largest absolute Gasteiger partial charge is 1.00 e. The molecule has 1 nitrogen and oxygen atoms in total. The van der Waals surface area contributed by atoms with Crippen LogP contribution >= 0.6 is 12.2 Å². The van der Waals surface area contributed by atoms with Crippen LogP contribution < -0.4 is 51.4 Å². The summed E-state index contributed by atoms with van der Waals surface area (Å²) in [7, 11) is 0. The van der Waals surface area contributed by atoms with E-state index in [1.54, 1.807) is 6.92 Å². The summed E-state index contributed by atoms with van der Waals surface area (Å²) in [6.45, 7) is 4.37. The number of ether oxygens (including phenoxy) is 1. The third-order valence-corrected chi connectivity index (χ3v) is 0.465. The van der Waals surface area contributed by atoms with Gasteiger partial charge in [-0.3, -0.25) is 0 Å². The van der Waals surface area contributed by atoms with Gasteiger partial charge in [0, 0.05) is 6.92 Å². The summed E-state index contributed by atoms with van der Waals surface area (Å²) < 4.78 is 4.77. The first kappa shape index (κ1) is 11.3. The van der Waals surface area contributed by atoms with Gasteiger partial charge in [-0.2, -0.15) is 0 Å². The Morgan fingerprint density at radius 1 is 1.86 bits per heavy atom. The van der Waals surface area contributed by atoms with E-state index < -0.39 is 0 Å². The van der Waals surface area contributed by atoms with Gasteiger partial charge in [-0.15, -0.1) is 0 Å². The molecule has 7 heavy (non-hydrogen) atoms. The Hall–Kier alpha value is 1.53. The second kappa shape index (κ2) is 7.53. The zero-order valence-corrected chi connectivity index (χ0v) is 8.96. The summed E-state index contributed by atoms with van der Waals surface area (Å²) in [5.74, 6) is 0. The van der Waals surface area contributed by atoms with Crippen molar-refractivity contribution in [3.05, 3.63) is 0 Å². The Balaban J connectivity index is -0.000000125. The molecule has 0 amide bonds. The molecule has 0 fully saturated rings. The van der Waals surface area contributed by atoms with E-state index >= 15 is 0 Å². The van der Waals surface area contributed by atoms with Gasteiger partial charge in [-0.25, -0.2) is 0 Å². The topological polar surface area (TPSA) is 9.23 Å². The third kappa shape index (κ3) is 11.2. The van der Waals surface area contributed by atoms with E-state index in [-0.39, 0.29) is 52.8 Å². The molecule has 0 aliphatic carbocycles. The van der Waals surface area contributed by atoms with Crippen molar-refractivity contribution in [1.29, 1.82) is 0 Å². The monoisotopic (exact) mass is 144 g/mol. The summed E-state index contributed by atoms with van der Waals surface area (Å²) in [6, 6.07) is 0. The first-order valence-corrected chi connectivity index (χ1v) is 2.31. The van der Waals surface area contributed by atoms with E-state index in [1.165, 1.54) is 0 Å². The molecule has 0 N–H and O–H groups in total. The number of rotatable bonds is 1. The number of thiocarbonyl (C=S) groups is 1. The van der Waals surface area contributed by atoms with E-state index in [1.807, 2.05) is 6.92 Å². The van der Waals surface area contributed by atoms with E-state index in [4.69, 9.17) is 4.74 Å². The SMILES string of the molecule is CCOC(C)=S.[H-].[K+]. The summed E-state index contributed by atoms with van der Waals surface area (Å²) >= 11 is 4.57. The Kier molecular flexibility index (Phi) is 12.2. The minimum absolute atomic E-state index is 0. The van der Waals surface area contributed by atoms with Crippen molar-refractivity contribution in [3.63, 3.8) is 0 Å². The van der Waals surface area contributed by atoms with Gasteiger partial charge < -0.3 is 6.16 Å². The van der Waals surface area contributed by atoms with Gasteiger partial charge in [-0.05, 0) is 19.1 Å². The number of hydrogen-bond donors (Lipinski definition) is 0. The third-order valence-electron chi connectivity index (χ3n) is 0.348. The average molecular weight is 144 g/mol. The second-order valence-corrected chi connectivity index (χ2v) is 1.50. The molecule has 0 saturated heterocycles. The molecule has 0 radical (unpaired) electrons. The molecule has 0 spiro atoms. The molecule has 0 saturated carbocycles. The standard InChI is InChI=1S/C4H8OS.K.H/c1-3-5-4(2)6;;/h3H2,1-2H3;;/q;+1;-1. The molecule has 0 aliphatic heterocycles. The Bertz CT molecular complexity index is 60.0. The summed E-state index contributed by atoms with van der Waals surface area (Å²) in [5, 5.41) is 0.623. The fraction of sp³-hybridized carbons (Fsp3) is 0.750. The fourth-order valence-electron chi connectivity index (χ4n) is 0.203. The molecule has 0 bridgehead atoms. The Labute approximate surface area is 93.7 Å². The molecule has 0 aliphatic rings. The Morgan fingerprint density at radius 3 is 2.29 bits per heavy atom. The number of hydrogen-bond acceptors (Lipinski definition) is 2. The minimum Gasteiger partial charge on any atom is -1.00 e. The molecule has 0 heterocycles. The average Bonchev–Trinajstić information content (AvgIpc) is 1.35. The maximum absolute atomic E-state index is 4.77. The van der Waals surface area contributed by atoms with Crippen LogP contribution in [0.3, 0.4) is 0 Å². The smallest absolute Gasteiger partial charge is 1.00 e. The van der Waals surface area contributed by atoms with Crippen LogP contribution in [0.15, 0.2) is 0 Å². The molecule has 0 rings (SSSR count). The molecule has 0 atom stereocenters. The molecule has 3 heteroatoms. The maximum atomic E-state index is 4.77. The van der Waals surface area contributed by atoms with Gasteiger partial charge in [0.05, 0.1) is 6.61 Å². The molecule has 0 aromatic heterocycles. The molecular formula is C4H9KOS. The van der Waals surface area contributed by atoms with Crippen molar-refractivity contribution >= 4 is 17.3 Å². The van der Waals surface area contributed by atoms with Gasteiger partial charge >= 0.3 is 51.4 Å². The second-order valence-electron chi connectivity index (χ2n) is 0.925. The first-order chi connectivity index (χ1) is 2.77. The predicted octanol–water partition coefficient (Wildman–Crippen LogP) is -1.51. The van der Waals surface area contributed by atoms with Crippen molar-refractivity contribution in [3.8, 4) is 0 Å². The normalized spacial score (nSPS) is 6.57. The van der Waals surface area contributed by atoms with Crippen LogP contribution in [-0.4, -0.2) is 11.7 Å². The first-order valence-electron chi connectivity index (χ1n) is 1.90. The van der Waals surface area contributed by atoms with Crippen molar-refractivity contribution in [2.75, 3.05) is 6.61 Å². The van der Waals surface area contributed by atoms with Crippen molar-refractivity contribution in [2.24, 2.45) is 0 Å². The Morgan fingerprint density at radius 2 is 2.29 bits per heavy atom. The van der Waals surface area contributed by atoms with Gasteiger partial charge in [0.2, 0.25) is 0 Å². The molecular weight excluding hydrogens is 135 g/mol. The van der Waals surface area contributed by atoms with E-state index in [0.29, 0.717) is 11.7 Å². The molecule has 0 unspecified atom stereocenters. The van der Waals surface area contributed by atoms with E-state index in [2.05, 4.69) is 12.2 Å². The van der Waals surface area contributed by atoms with E-state index in [0.717, 1.165) is 0 Å². The fourth-order valence-corrected chi connectivity index (χ4v) is 0.321. The van der Waals surface area contributed by atoms with Crippen LogP contribution in [0.2, 0.25) is 0 Å². The molecule has 0 aromatic carbocycles. The zero-order chi connectivity index (χ0) is 4.99. The zero-order valence-electron chi connectivity index (χ0n) is 6.02. The maximum Gasteiger partial charge on any atom is 1.00 e. The summed E-state index contributed by atoms with van der Waals surface area (Å²) in [4.78, 5) is 0. The van der Waals surface area contributed by atoms with Gasteiger partial charge in [-0.1, -0.05) is 0 Å². The van der Waals surface area contributed by atoms with Crippen molar-refractivity contribution in [1.82, 2.24) is 0 Å². The van der Waals surface area contributed by atoms with Crippen LogP contribution in [0.25, 0.3) is 0 Å². The quantitative estimate of drug-likeness (QED) is 0.327. The summed E-state index contributed by atoms with van der Waals surface area (Å²) in [5.41, 5.74) is 0. The predicted molar refractivity (Wildman–Crippen MR) is 31.0 cm³/mol. The van der Waals surface area contributed by atoms with Crippen LogP contribution in [-0.2, 0) is 4.74 Å². The van der Waals surface area contributed by atoms with Crippen LogP contribution in [0.1, 0.15) is 15.3 Å². The summed E-state index contributed by atoms with van der Waals surface area (Å²) in [6.07, 6.45) is 0. The van der Waals surface area contributed by atoms with Crippen molar-refractivity contribution in [2.45, 2.75) is 13.8 Å². The molecule has 0 aromatic rings. The van der Waals surface area contributed by atoms with Crippen LogP contribution in [0.5, 0.6) is 0 Å².